The molecule has 2 aromatic rings. The van der Waals surface area contributed by atoms with E-state index in [-0.39, 0.29) is 97.8 Å². The molecule has 2 aliphatic rings. The zero-order chi connectivity index (χ0) is 57.0. The third kappa shape index (κ3) is 19.0. The maximum atomic E-state index is 14.8. The van der Waals surface area contributed by atoms with Gasteiger partial charge >= 0.3 is 11.9 Å². The highest BCUT2D eigenvalue weighted by Gasteiger charge is 2.43. The Hall–Kier alpha value is -5.66. The molecule has 0 aliphatic carbocycles. The van der Waals surface area contributed by atoms with Gasteiger partial charge in [0, 0.05) is 81.2 Å². The van der Waals surface area contributed by atoms with Crippen LogP contribution < -0.4 is 16.4 Å². The van der Waals surface area contributed by atoms with Crippen LogP contribution in [0, 0.1) is 23.7 Å². The number of ether oxygens (including phenoxy) is 1. The second-order valence-electron chi connectivity index (χ2n) is 21.8. The average molecular weight is 1090 g/mol. The molecule has 0 unspecified atom stereocenters. The second-order valence-corrected chi connectivity index (χ2v) is 22.7. The quantitative estimate of drug-likeness (QED) is 0.0308. The summed E-state index contributed by atoms with van der Waals surface area (Å²) >= 11 is 1.15. The molecule has 3 heterocycles. The molecule has 5 N–H and O–H groups in total. The van der Waals surface area contributed by atoms with Gasteiger partial charge in [0.05, 0.1) is 17.5 Å². The summed E-state index contributed by atoms with van der Waals surface area (Å²) in [7, 11) is 1.98. The van der Waals surface area contributed by atoms with Crippen LogP contribution >= 0.6 is 11.3 Å². The Morgan fingerprint density at radius 2 is 1.58 bits per heavy atom. The smallest absolute Gasteiger partial charge is 0.306 e. The summed E-state index contributed by atoms with van der Waals surface area (Å²) in [5.74, 6) is -4.76. The molecule has 1 saturated heterocycles. The number of carbonyl (C=O) groups excluding carboxylic acids is 8. The highest BCUT2D eigenvalue weighted by Crippen LogP contribution is 2.35. The number of benzene rings is 1. The summed E-state index contributed by atoms with van der Waals surface area (Å²) < 4.78 is 5.90. The normalized spacial score (nSPS) is 18.5. The van der Waals surface area contributed by atoms with Gasteiger partial charge in [0.2, 0.25) is 11.8 Å². The number of likely N-dealkylation sites (tertiary alicyclic amines) is 1. The van der Waals surface area contributed by atoms with E-state index in [1.54, 1.807) is 24.4 Å². The summed E-state index contributed by atoms with van der Waals surface area (Å²) in [6.07, 6.45) is 9.45. The van der Waals surface area contributed by atoms with Crippen LogP contribution in [-0.2, 0) is 55.9 Å². The predicted octanol–water partition coefficient (Wildman–Crippen LogP) is 7.17. The van der Waals surface area contributed by atoms with Gasteiger partial charge in [0.1, 0.15) is 10.7 Å². The SMILES string of the molecule is CC[C@H](C)[C@H](CC(=O)[C@@]1(C)CCCCN1C)C(=O)N(CC)[C@H](C[C@@H](OC(C)=O)c1nc(C(=O)N[C@@H](Cc2ccc(CC(=O)[C@H](CCCCN)NC(=O)CCCCCN3C(=O)C=CC3=O)cc2)C[C@H](C)C(=O)O)cs1)C(C)C. The van der Waals surface area contributed by atoms with E-state index in [9.17, 15) is 48.3 Å². The molecule has 4 rings (SSSR count). The fourth-order valence-corrected chi connectivity index (χ4v) is 11.2. The van der Waals surface area contributed by atoms with E-state index in [1.807, 2.05) is 65.6 Å². The maximum Gasteiger partial charge on any atom is 0.306 e. The first kappa shape index (κ1) is 63.9. The fourth-order valence-electron chi connectivity index (χ4n) is 10.4. The molecule has 0 saturated carbocycles. The molecule has 5 amide bonds. The van der Waals surface area contributed by atoms with Gasteiger partial charge in [-0.3, -0.25) is 53.0 Å². The molecular formula is C58H87N7O11S. The molecule has 77 heavy (non-hydrogen) atoms. The van der Waals surface area contributed by atoms with Crippen molar-refractivity contribution in [3.8, 4) is 0 Å². The average Bonchev–Trinajstić information content (AvgIpc) is 4.01. The summed E-state index contributed by atoms with van der Waals surface area (Å²) in [6.45, 7) is 16.7. The minimum Gasteiger partial charge on any atom is -0.481 e. The van der Waals surface area contributed by atoms with Gasteiger partial charge in [-0.25, -0.2) is 4.98 Å². The van der Waals surface area contributed by atoms with Crippen LogP contribution in [0.3, 0.4) is 0 Å². The monoisotopic (exact) mass is 1090 g/mol. The second kappa shape index (κ2) is 31.1. The van der Waals surface area contributed by atoms with E-state index >= 15 is 0 Å². The Morgan fingerprint density at radius 3 is 2.18 bits per heavy atom. The van der Waals surface area contributed by atoms with Gasteiger partial charge in [-0.05, 0) is 121 Å². The van der Waals surface area contributed by atoms with E-state index in [1.165, 1.54) is 24.0 Å². The molecule has 8 atom stereocenters. The number of imide groups is 1. The molecule has 1 aromatic carbocycles. The number of ketones is 2. The van der Waals surface area contributed by atoms with Gasteiger partial charge < -0.3 is 31.1 Å². The van der Waals surface area contributed by atoms with Crippen LogP contribution in [-0.4, -0.2) is 135 Å². The molecular weight excluding hydrogens is 1000 g/mol. The summed E-state index contributed by atoms with van der Waals surface area (Å²) in [6, 6.07) is 5.49. The fraction of sp³-hybridized carbons (Fsp3) is 0.655. The number of nitrogens with two attached hydrogens (primary N) is 1. The van der Waals surface area contributed by atoms with Crippen molar-refractivity contribution in [3.05, 3.63) is 63.6 Å². The van der Waals surface area contributed by atoms with Gasteiger partial charge in [-0.2, -0.15) is 0 Å². The number of hydrogen-bond donors (Lipinski definition) is 4. The number of carboxylic acid groups (broad SMARTS) is 1. The lowest BCUT2D eigenvalue weighted by Crippen LogP contribution is -2.55. The zero-order valence-electron chi connectivity index (χ0n) is 47.1. The Morgan fingerprint density at radius 1 is 0.909 bits per heavy atom. The maximum absolute atomic E-state index is 14.8. The molecule has 426 valence electrons. The largest absolute Gasteiger partial charge is 0.481 e. The predicted molar refractivity (Wildman–Crippen MR) is 295 cm³/mol. The van der Waals surface area contributed by atoms with Crippen molar-refractivity contribution in [3.63, 3.8) is 0 Å². The van der Waals surface area contributed by atoms with Crippen molar-refractivity contribution in [1.29, 1.82) is 0 Å². The van der Waals surface area contributed by atoms with Crippen molar-refractivity contribution in [1.82, 2.24) is 30.3 Å². The minimum atomic E-state index is -1.02. The van der Waals surface area contributed by atoms with Crippen LogP contribution in [0.1, 0.15) is 178 Å². The number of carboxylic acids is 1. The number of amides is 5. The molecule has 2 aliphatic heterocycles. The van der Waals surface area contributed by atoms with Crippen molar-refractivity contribution in [2.75, 3.05) is 33.2 Å². The number of Topliss-reactive ketones (excluding diaryl/α,β-unsaturated/α-hetero) is 2. The number of unbranched alkanes of at least 4 members (excludes halogenated alkanes) is 3. The molecule has 0 bridgehead atoms. The first-order valence-electron chi connectivity index (χ1n) is 27.9. The number of nitrogens with one attached hydrogen (secondary N) is 2. The highest BCUT2D eigenvalue weighted by molar-refractivity contribution is 7.09. The van der Waals surface area contributed by atoms with Gasteiger partial charge in [0.25, 0.3) is 17.7 Å². The van der Waals surface area contributed by atoms with Crippen molar-refractivity contribution in [2.24, 2.45) is 29.4 Å². The van der Waals surface area contributed by atoms with Crippen LogP contribution in [0.25, 0.3) is 0 Å². The number of aromatic nitrogens is 1. The number of piperidine rings is 1. The van der Waals surface area contributed by atoms with Crippen LogP contribution in [0.4, 0.5) is 0 Å². The number of esters is 1. The van der Waals surface area contributed by atoms with Crippen molar-refractivity contribution >= 4 is 64.4 Å². The van der Waals surface area contributed by atoms with E-state index in [0.29, 0.717) is 68.6 Å². The molecule has 0 radical (unpaired) electrons. The molecule has 18 nitrogen and oxygen atoms in total. The van der Waals surface area contributed by atoms with E-state index < -0.39 is 59.5 Å². The number of carbonyl (C=O) groups is 9. The number of rotatable bonds is 34. The molecule has 0 spiro atoms. The topological polar surface area (TPSA) is 256 Å². The van der Waals surface area contributed by atoms with Gasteiger partial charge in [-0.1, -0.05) is 71.7 Å². The summed E-state index contributed by atoms with van der Waals surface area (Å²) in [5.41, 5.74) is 6.64. The lowest BCUT2D eigenvalue weighted by molar-refractivity contribution is -0.150. The van der Waals surface area contributed by atoms with Crippen molar-refractivity contribution < 1.29 is 53.0 Å². The zero-order valence-corrected chi connectivity index (χ0v) is 47.9. The lowest BCUT2D eigenvalue weighted by atomic mass is 9.77. The summed E-state index contributed by atoms with van der Waals surface area (Å²) in [4.78, 5) is 128. The Labute approximate surface area is 460 Å². The molecule has 19 heteroatoms. The highest BCUT2D eigenvalue weighted by atomic mass is 32.1. The number of nitrogens with zero attached hydrogens (tertiary/aromatic N) is 4. The Kier molecular flexibility index (Phi) is 25.8. The third-order valence-corrected chi connectivity index (χ3v) is 16.6. The van der Waals surface area contributed by atoms with Crippen LogP contribution in [0.2, 0.25) is 0 Å². The first-order chi connectivity index (χ1) is 36.5. The number of aliphatic carboxylic acids is 1. The summed E-state index contributed by atoms with van der Waals surface area (Å²) in [5, 5.41) is 17.7. The molecule has 1 aromatic heterocycles. The number of hydrogen-bond acceptors (Lipinski definition) is 14. The Bertz CT molecular complexity index is 2350. The van der Waals surface area contributed by atoms with Crippen LogP contribution in [0.15, 0.2) is 41.8 Å². The lowest BCUT2D eigenvalue weighted by Gasteiger charge is -2.43. The first-order valence-corrected chi connectivity index (χ1v) is 28.8. The van der Waals surface area contributed by atoms with E-state index in [0.717, 1.165) is 42.7 Å². The standard InChI is InChI=1S/C58H87N7O11S/c1-10-38(5)44(34-50(68)58(8)27-15-18-29-63(58)9)56(73)64(11-2)47(37(3)4)35-49(76-40(7)66)55-62-46(36-77-55)54(72)60-43(31-39(6)57(74)75)32-41-21-23-42(24-22-41)33-48(67)45(19-14-16-28-59)61-51(69)20-13-12-17-30-65-52(70)25-26-53(65)71/h21-26,36-39,43-45,47,49H,10-20,27-35,59H2,1-9H3,(H,60,72)(H,61,69)(H,74,75)/t38-,39-,43+,44-,45-,47+,49+,58+/m0/s1. The minimum absolute atomic E-state index is 0.0539. The third-order valence-electron chi connectivity index (χ3n) is 15.6. The Balaban J connectivity index is 1.44. The van der Waals surface area contributed by atoms with E-state index in [2.05, 4.69) is 20.5 Å². The van der Waals surface area contributed by atoms with E-state index in [4.69, 9.17) is 10.5 Å². The van der Waals surface area contributed by atoms with Gasteiger partial charge in [0.15, 0.2) is 17.7 Å². The van der Waals surface area contributed by atoms with Crippen molar-refractivity contribution in [2.45, 2.75) is 188 Å². The molecule has 1 fully saturated rings. The van der Waals surface area contributed by atoms with Crippen LogP contribution in [0.5, 0.6) is 0 Å². The number of thiazole rings is 1. The number of likely N-dealkylation sites (N-methyl/N-ethyl adjacent to an activating group) is 1. The van der Waals surface area contributed by atoms with Gasteiger partial charge in [-0.15, -0.1) is 11.3 Å².